The maximum absolute atomic E-state index is 4.94. The number of allylic oxidation sites excluding steroid dienone is 2. The molecule has 1 aromatic heterocycles. The van der Waals surface area contributed by atoms with Crippen LogP contribution in [0.15, 0.2) is 115 Å². The highest BCUT2D eigenvalue weighted by molar-refractivity contribution is 5.88. The standard InChI is InChI=1S/C34H28N2/c1-4-26(22-31-21-24(2)15-16-25(31)3)27-17-19-29(20-18-27)33-23-32(28-11-7-5-8-12-28)35-34(36-33)30-13-9-6-10-14-30/h4-23H,3H2,1-2H3/b26-4?,31-22-. The van der Waals surface area contributed by atoms with Crippen molar-refractivity contribution in [1.82, 2.24) is 9.97 Å². The molecule has 0 spiro atoms. The minimum Gasteiger partial charge on any atom is -0.228 e. The summed E-state index contributed by atoms with van der Waals surface area (Å²) in [6.45, 7) is 8.37. The lowest BCUT2D eigenvalue weighted by atomic mass is 10.00. The first kappa shape index (κ1) is 23.2. The molecule has 0 radical (unpaired) electrons. The van der Waals surface area contributed by atoms with Crippen LogP contribution in [0.2, 0.25) is 0 Å². The minimum atomic E-state index is 0.723. The highest BCUT2D eigenvalue weighted by Gasteiger charge is 2.10. The molecule has 0 saturated carbocycles. The Morgan fingerprint density at radius 3 is 1.86 bits per heavy atom. The molecule has 0 aliphatic rings. The van der Waals surface area contributed by atoms with Gasteiger partial charge in [-0.15, -0.1) is 0 Å². The van der Waals surface area contributed by atoms with Gasteiger partial charge >= 0.3 is 0 Å². The van der Waals surface area contributed by atoms with Crippen molar-refractivity contribution in [3.8, 4) is 33.9 Å². The van der Waals surface area contributed by atoms with Crippen molar-refractivity contribution >= 4 is 18.2 Å². The molecular formula is C34H28N2. The van der Waals surface area contributed by atoms with Crippen molar-refractivity contribution < 1.29 is 0 Å². The van der Waals surface area contributed by atoms with Crippen LogP contribution in [0.5, 0.6) is 0 Å². The van der Waals surface area contributed by atoms with Crippen LogP contribution in [0.1, 0.15) is 18.1 Å². The molecule has 36 heavy (non-hydrogen) atoms. The van der Waals surface area contributed by atoms with Gasteiger partial charge in [0.25, 0.3) is 0 Å². The Hall–Kier alpha value is -4.56. The zero-order valence-electron chi connectivity index (χ0n) is 20.6. The Morgan fingerprint density at radius 1 is 0.667 bits per heavy atom. The van der Waals surface area contributed by atoms with Gasteiger partial charge in [-0.25, -0.2) is 9.97 Å². The SMILES string of the molecule is C=c1ccc(C)c/c1=C/C(=CC)c1ccc(-c2cc(-c3ccccc3)nc(-c3ccccc3)n2)cc1. The van der Waals surface area contributed by atoms with Gasteiger partial charge in [-0.2, -0.15) is 0 Å². The van der Waals surface area contributed by atoms with Gasteiger partial charge in [-0.3, -0.25) is 0 Å². The molecule has 2 nitrogen and oxygen atoms in total. The third-order valence-corrected chi connectivity index (χ3v) is 6.27. The molecule has 0 saturated heterocycles. The summed E-state index contributed by atoms with van der Waals surface area (Å²) in [7, 11) is 0. The lowest BCUT2D eigenvalue weighted by Crippen LogP contribution is -2.22. The molecular weight excluding hydrogens is 436 g/mol. The van der Waals surface area contributed by atoms with Crippen LogP contribution in [0, 0.1) is 6.92 Å². The van der Waals surface area contributed by atoms with E-state index >= 15 is 0 Å². The second-order valence-corrected chi connectivity index (χ2v) is 8.86. The lowest BCUT2D eigenvalue weighted by Gasteiger charge is -2.10. The fraction of sp³-hybridized carbons (Fsp3) is 0.0588. The summed E-state index contributed by atoms with van der Waals surface area (Å²) in [5.74, 6) is 0.723. The van der Waals surface area contributed by atoms with E-state index in [4.69, 9.17) is 9.97 Å². The van der Waals surface area contributed by atoms with E-state index in [2.05, 4.69) is 93.2 Å². The molecule has 0 amide bonds. The van der Waals surface area contributed by atoms with E-state index < -0.39 is 0 Å². The van der Waals surface area contributed by atoms with Gasteiger partial charge in [0.15, 0.2) is 5.82 Å². The molecule has 5 aromatic rings. The summed E-state index contributed by atoms with van der Waals surface area (Å²) < 4.78 is 0. The number of nitrogens with zero attached hydrogens (tertiary/aromatic N) is 2. The van der Waals surface area contributed by atoms with E-state index in [0.29, 0.717) is 0 Å². The number of hydrogen-bond acceptors (Lipinski definition) is 2. The smallest absolute Gasteiger partial charge is 0.160 e. The molecule has 0 fully saturated rings. The predicted molar refractivity (Wildman–Crippen MR) is 152 cm³/mol. The molecule has 0 aliphatic heterocycles. The first-order valence-electron chi connectivity index (χ1n) is 12.1. The number of rotatable bonds is 5. The van der Waals surface area contributed by atoms with Crippen molar-refractivity contribution in [2.45, 2.75) is 13.8 Å². The van der Waals surface area contributed by atoms with Gasteiger partial charge in [0.2, 0.25) is 0 Å². The van der Waals surface area contributed by atoms with Gasteiger partial charge < -0.3 is 0 Å². The molecule has 2 heteroatoms. The van der Waals surface area contributed by atoms with Crippen molar-refractivity contribution in [2.24, 2.45) is 0 Å². The van der Waals surface area contributed by atoms with E-state index in [1.807, 2.05) is 48.5 Å². The topological polar surface area (TPSA) is 25.8 Å². The fourth-order valence-electron chi connectivity index (χ4n) is 4.25. The normalized spacial score (nSPS) is 12.1. The molecule has 4 aromatic carbocycles. The second kappa shape index (κ2) is 10.4. The van der Waals surface area contributed by atoms with Crippen LogP contribution in [0.25, 0.3) is 52.1 Å². The second-order valence-electron chi connectivity index (χ2n) is 8.86. The van der Waals surface area contributed by atoms with Crippen LogP contribution < -0.4 is 10.4 Å². The Bertz CT molecular complexity index is 1570. The highest BCUT2D eigenvalue weighted by atomic mass is 14.9. The summed E-state index contributed by atoms with van der Waals surface area (Å²) in [5, 5.41) is 2.17. The van der Waals surface area contributed by atoms with E-state index in [1.165, 1.54) is 5.56 Å². The van der Waals surface area contributed by atoms with Gasteiger partial charge in [0, 0.05) is 16.7 Å². The Balaban J connectivity index is 1.56. The molecule has 0 N–H and O–H groups in total. The van der Waals surface area contributed by atoms with Gasteiger partial charge in [0.1, 0.15) is 0 Å². The van der Waals surface area contributed by atoms with Crippen LogP contribution in [0.3, 0.4) is 0 Å². The van der Waals surface area contributed by atoms with Gasteiger partial charge in [-0.1, -0.05) is 121 Å². The molecule has 0 bridgehead atoms. The molecule has 174 valence electrons. The zero-order chi connectivity index (χ0) is 24.9. The summed E-state index contributed by atoms with van der Waals surface area (Å²) in [6.07, 6.45) is 4.35. The summed E-state index contributed by atoms with van der Waals surface area (Å²) in [6, 6.07) is 37.4. The van der Waals surface area contributed by atoms with Crippen molar-refractivity contribution in [3.63, 3.8) is 0 Å². The largest absolute Gasteiger partial charge is 0.228 e. The van der Waals surface area contributed by atoms with Crippen LogP contribution in [-0.4, -0.2) is 9.97 Å². The molecule has 0 atom stereocenters. The van der Waals surface area contributed by atoms with Crippen LogP contribution >= 0.6 is 0 Å². The van der Waals surface area contributed by atoms with Crippen LogP contribution in [-0.2, 0) is 0 Å². The third-order valence-electron chi connectivity index (χ3n) is 6.27. The Morgan fingerprint density at radius 2 is 1.25 bits per heavy atom. The van der Waals surface area contributed by atoms with Gasteiger partial charge in [0.05, 0.1) is 11.4 Å². The third kappa shape index (κ3) is 5.08. The summed E-state index contributed by atoms with van der Waals surface area (Å²) >= 11 is 0. The monoisotopic (exact) mass is 464 g/mol. The van der Waals surface area contributed by atoms with E-state index in [1.54, 1.807) is 0 Å². The quantitative estimate of drug-likeness (QED) is 0.278. The maximum Gasteiger partial charge on any atom is 0.160 e. The number of aryl methyl sites for hydroxylation is 1. The first-order chi connectivity index (χ1) is 17.6. The Labute approximate surface area is 212 Å². The van der Waals surface area contributed by atoms with E-state index in [-0.39, 0.29) is 0 Å². The van der Waals surface area contributed by atoms with Gasteiger partial charge in [-0.05, 0) is 47.6 Å². The van der Waals surface area contributed by atoms with Crippen molar-refractivity contribution in [3.05, 3.63) is 137 Å². The molecule has 0 unspecified atom stereocenters. The molecule has 0 aliphatic carbocycles. The molecule has 5 rings (SSSR count). The van der Waals surface area contributed by atoms with E-state index in [9.17, 15) is 0 Å². The van der Waals surface area contributed by atoms with Crippen molar-refractivity contribution in [1.29, 1.82) is 0 Å². The lowest BCUT2D eigenvalue weighted by molar-refractivity contribution is 1.18. The fourth-order valence-corrected chi connectivity index (χ4v) is 4.25. The van der Waals surface area contributed by atoms with Crippen LogP contribution in [0.4, 0.5) is 0 Å². The van der Waals surface area contributed by atoms with E-state index in [0.717, 1.165) is 55.5 Å². The molecule has 1 heterocycles. The maximum atomic E-state index is 4.94. The first-order valence-corrected chi connectivity index (χ1v) is 12.1. The number of benzene rings is 4. The minimum absolute atomic E-state index is 0.723. The zero-order valence-corrected chi connectivity index (χ0v) is 20.6. The number of aromatic nitrogens is 2. The Kier molecular flexibility index (Phi) is 6.68. The summed E-state index contributed by atoms with van der Waals surface area (Å²) in [4.78, 5) is 9.83. The number of hydrogen-bond donors (Lipinski definition) is 0. The average molecular weight is 465 g/mol. The average Bonchev–Trinajstić information content (AvgIpc) is 2.94. The summed E-state index contributed by atoms with van der Waals surface area (Å²) in [5.41, 5.74) is 8.49. The van der Waals surface area contributed by atoms with Crippen molar-refractivity contribution in [2.75, 3.05) is 0 Å². The highest BCUT2D eigenvalue weighted by Crippen LogP contribution is 2.28. The predicted octanol–water partition coefficient (Wildman–Crippen LogP) is 7.08.